The van der Waals surface area contributed by atoms with Crippen molar-refractivity contribution < 1.29 is 14.7 Å². The second-order valence-electron chi connectivity index (χ2n) is 4.55. The molecule has 4 nitrogen and oxygen atoms in total. The van der Waals surface area contributed by atoms with Crippen molar-refractivity contribution in [2.75, 3.05) is 5.32 Å². The first-order valence-corrected chi connectivity index (χ1v) is 6.24. The largest absolute Gasteiger partial charge is 0.481 e. The average molecular weight is 269 g/mol. The number of carbonyl (C=O) groups is 2. The van der Waals surface area contributed by atoms with Crippen LogP contribution >= 0.6 is 0 Å². The van der Waals surface area contributed by atoms with E-state index < -0.39 is 5.97 Å². The van der Waals surface area contributed by atoms with Gasteiger partial charge in [0, 0.05) is 11.3 Å². The molecule has 0 saturated carbocycles. The van der Waals surface area contributed by atoms with E-state index in [9.17, 15) is 9.59 Å². The zero-order valence-electron chi connectivity index (χ0n) is 11.1. The molecule has 0 unspecified atom stereocenters. The molecule has 0 aliphatic carbocycles. The summed E-state index contributed by atoms with van der Waals surface area (Å²) in [5.41, 5.74) is 2.63. The first-order valence-electron chi connectivity index (χ1n) is 6.24. The number of benzene rings is 2. The molecule has 102 valence electrons. The van der Waals surface area contributed by atoms with Crippen molar-refractivity contribution in [2.24, 2.45) is 0 Å². The average Bonchev–Trinajstić information content (AvgIpc) is 2.42. The summed E-state index contributed by atoms with van der Waals surface area (Å²) < 4.78 is 0. The maximum Gasteiger partial charge on any atom is 0.307 e. The number of hydrogen-bond donors (Lipinski definition) is 2. The van der Waals surface area contributed by atoms with E-state index in [2.05, 4.69) is 5.32 Å². The van der Waals surface area contributed by atoms with E-state index in [-0.39, 0.29) is 12.3 Å². The third kappa shape index (κ3) is 3.45. The Morgan fingerprint density at radius 1 is 1.10 bits per heavy atom. The summed E-state index contributed by atoms with van der Waals surface area (Å²) in [5, 5.41) is 11.7. The van der Waals surface area contributed by atoms with Crippen LogP contribution in [0.2, 0.25) is 0 Å². The van der Waals surface area contributed by atoms with Crippen LogP contribution < -0.4 is 5.32 Å². The Bertz CT molecular complexity index is 635. The van der Waals surface area contributed by atoms with Crippen molar-refractivity contribution in [1.29, 1.82) is 0 Å². The van der Waals surface area contributed by atoms with Crippen LogP contribution in [0.15, 0.2) is 48.5 Å². The van der Waals surface area contributed by atoms with Crippen LogP contribution in [0.4, 0.5) is 5.69 Å². The molecular formula is C16H15NO3. The summed E-state index contributed by atoms with van der Waals surface area (Å²) in [4.78, 5) is 23.0. The molecule has 2 rings (SSSR count). The highest BCUT2D eigenvalue weighted by Gasteiger charge is 2.11. The molecule has 20 heavy (non-hydrogen) atoms. The van der Waals surface area contributed by atoms with Gasteiger partial charge in [0.05, 0.1) is 6.42 Å². The first kappa shape index (κ1) is 13.8. The quantitative estimate of drug-likeness (QED) is 0.896. The van der Waals surface area contributed by atoms with Crippen molar-refractivity contribution in [3.63, 3.8) is 0 Å². The second-order valence-corrected chi connectivity index (χ2v) is 4.55. The van der Waals surface area contributed by atoms with Crippen LogP contribution in [0.5, 0.6) is 0 Å². The van der Waals surface area contributed by atoms with Gasteiger partial charge in [0.25, 0.3) is 5.91 Å². The van der Waals surface area contributed by atoms with Gasteiger partial charge in [0.15, 0.2) is 0 Å². The Morgan fingerprint density at radius 3 is 2.45 bits per heavy atom. The summed E-state index contributed by atoms with van der Waals surface area (Å²) in [5.74, 6) is -1.17. The fourth-order valence-electron chi connectivity index (χ4n) is 1.94. The fourth-order valence-corrected chi connectivity index (χ4v) is 1.94. The Morgan fingerprint density at radius 2 is 1.80 bits per heavy atom. The van der Waals surface area contributed by atoms with E-state index in [1.807, 2.05) is 19.1 Å². The normalized spacial score (nSPS) is 10.1. The predicted octanol–water partition coefficient (Wildman–Crippen LogP) is 2.87. The lowest BCUT2D eigenvalue weighted by Crippen LogP contribution is -2.14. The monoisotopic (exact) mass is 269 g/mol. The summed E-state index contributed by atoms with van der Waals surface area (Å²) in [7, 11) is 0. The van der Waals surface area contributed by atoms with Crippen molar-refractivity contribution >= 4 is 17.6 Å². The van der Waals surface area contributed by atoms with E-state index in [1.165, 1.54) is 0 Å². The minimum Gasteiger partial charge on any atom is -0.481 e. The van der Waals surface area contributed by atoms with Crippen LogP contribution in [0, 0.1) is 6.92 Å². The minimum absolute atomic E-state index is 0.119. The minimum atomic E-state index is -0.925. The van der Waals surface area contributed by atoms with E-state index in [0.29, 0.717) is 16.8 Å². The molecule has 0 spiro atoms. The molecule has 4 heteroatoms. The third-order valence-electron chi connectivity index (χ3n) is 2.89. The van der Waals surface area contributed by atoms with Gasteiger partial charge in [-0.25, -0.2) is 0 Å². The maximum absolute atomic E-state index is 12.1. The zero-order chi connectivity index (χ0) is 14.5. The molecule has 2 aromatic carbocycles. The van der Waals surface area contributed by atoms with Gasteiger partial charge in [-0.1, -0.05) is 35.9 Å². The van der Waals surface area contributed by atoms with Crippen LogP contribution in [0.25, 0.3) is 0 Å². The summed E-state index contributed by atoms with van der Waals surface area (Å²) in [6.07, 6.45) is -0.119. The van der Waals surface area contributed by atoms with Gasteiger partial charge < -0.3 is 10.4 Å². The summed E-state index contributed by atoms with van der Waals surface area (Å²) >= 11 is 0. The molecule has 0 saturated heterocycles. The number of hydrogen-bond acceptors (Lipinski definition) is 2. The molecule has 0 aliphatic heterocycles. The van der Waals surface area contributed by atoms with Gasteiger partial charge in [-0.05, 0) is 30.7 Å². The molecule has 0 radical (unpaired) electrons. The Labute approximate surface area is 117 Å². The van der Waals surface area contributed by atoms with Gasteiger partial charge >= 0.3 is 5.97 Å². The highest BCUT2D eigenvalue weighted by atomic mass is 16.4. The molecule has 2 aromatic rings. The second kappa shape index (κ2) is 6.02. The number of aryl methyl sites for hydroxylation is 1. The Hall–Kier alpha value is -2.62. The fraction of sp³-hybridized carbons (Fsp3) is 0.125. The molecule has 0 bridgehead atoms. The summed E-state index contributed by atoms with van der Waals surface area (Å²) in [6, 6.07) is 14.2. The number of carboxylic acid groups (broad SMARTS) is 1. The number of aliphatic carboxylic acids is 1. The molecule has 2 N–H and O–H groups in total. The topological polar surface area (TPSA) is 66.4 Å². The van der Waals surface area contributed by atoms with Crippen molar-refractivity contribution in [3.8, 4) is 0 Å². The van der Waals surface area contributed by atoms with Crippen LogP contribution in [0.1, 0.15) is 21.5 Å². The zero-order valence-corrected chi connectivity index (χ0v) is 11.1. The van der Waals surface area contributed by atoms with E-state index in [4.69, 9.17) is 5.11 Å². The van der Waals surface area contributed by atoms with Crippen molar-refractivity contribution in [2.45, 2.75) is 13.3 Å². The van der Waals surface area contributed by atoms with Gasteiger partial charge in [-0.2, -0.15) is 0 Å². The lowest BCUT2D eigenvalue weighted by atomic mass is 10.1. The third-order valence-corrected chi connectivity index (χ3v) is 2.89. The lowest BCUT2D eigenvalue weighted by molar-refractivity contribution is -0.136. The molecule has 0 aliphatic rings. The van der Waals surface area contributed by atoms with E-state index in [0.717, 1.165) is 5.56 Å². The number of amides is 1. The van der Waals surface area contributed by atoms with Crippen LogP contribution in [-0.4, -0.2) is 17.0 Å². The number of nitrogens with one attached hydrogen (secondary N) is 1. The summed E-state index contributed by atoms with van der Waals surface area (Å²) in [6.45, 7) is 1.88. The molecule has 0 fully saturated rings. The number of carboxylic acids is 1. The van der Waals surface area contributed by atoms with Crippen molar-refractivity contribution in [1.82, 2.24) is 0 Å². The van der Waals surface area contributed by atoms with Gasteiger partial charge in [-0.3, -0.25) is 9.59 Å². The van der Waals surface area contributed by atoms with E-state index >= 15 is 0 Å². The molecule has 0 aromatic heterocycles. The maximum atomic E-state index is 12.1. The van der Waals surface area contributed by atoms with Crippen LogP contribution in [0.3, 0.4) is 0 Å². The highest BCUT2D eigenvalue weighted by molar-refractivity contribution is 6.04. The number of rotatable bonds is 4. The molecule has 0 atom stereocenters. The Balaban J connectivity index is 2.25. The first-order chi connectivity index (χ1) is 9.56. The smallest absolute Gasteiger partial charge is 0.307 e. The SMILES string of the molecule is Cc1ccc(NC(=O)c2ccccc2)c(CC(=O)O)c1. The predicted molar refractivity (Wildman–Crippen MR) is 76.9 cm³/mol. The Kier molecular flexibility index (Phi) is 4.15. The van der Waals surface area contributed by atoms with Crippen LogP contribution in [-0.2, 0) is 11.2 Å². The molecule has 1 amide bonds. The standard InChI is InChI=1S/C16H15NO3/c1-11-7-8-14(13(9-11)10-15(18)19)17-16(20)12-5-3-2-4-6-12/h2-9H,10H2,1H3,(H,17,20)(H,18,19). The number of anilines is 1. The van der Waals surface area contributed by atoms with Gasteiger partial charge in [-0.15, -0.1) is 0 Å². The van der Waals surface area contributed by atoms with Gasteiger partial charge in [0.2, 0.25) is 0 Å². The van der Waals surface area contributed by atoms with Crippen molar-refractivity contribution in [3.05, 3.63) is 65.2 Å². The van der Waals surface area contributed by atoms with Gasteiger partial charge in [0.1, 0.15) is 0 Å². The lowest BCUT2D eigenvalue weighted by Gasteiger charge is -2.11. The highest BCUT2D eigenvalue weighted by Crippen LogP contribution is 2.19. The molecular weight excluding hydrogens is 254 g/mol. The van der Waals surface area contributed by atoms with E-state index in [1.54, 1.807) is 36.4 Å². The molecule has 0 heterocycles. The number of carbonyl (C=O) groups excluding carboxylic acids is 1.